The highest BCUT2D eigenvalue weighted by atomic mass is 16.5. The van der Waals surface area contributed by atoms with Crippen molar-refractivity contribution in [3.63, 3.8) is 0 Å². The highest BCUT2D eigenvalue weighted by Crippen LogP contribution is 2.12. The van der Waals surface area contributed by atoms with Crippen molar-refractivity contribution >= 4 is 0 Å². The summed E-state index contributed by atoms with van der Waals surface area (Å²) in [6, 6.07) is 7.92. The average Bonchev–Trinajstić information content (AvgIpc) is 2.32. The topological polar surface area (TPSA) is 15.7 Å². The summed E-state index contributed by atoms with van der Waals surface area (Å²) < 4.78 is 5.72. The zero-order valence-corrected chi connectivity index (χ0v) is 10.6. The minimum absolute atomic E-state index is 0.757. The molecule has 0 N–H and O–H groups in total. The predicted molar refractivity (Wildman–Crippen MR) is 70.3 cm³/mol. The quantitative estimate of drug-likeness (QED) is 0.784. The van der Waals surface area contributed by atoms with Crippen LogP contribution in [-0.4, -0.2) is 56.2 Å². The Balaban J connectivity index is 1.69. The lowest BCUT2D eigenvalue weighted by molar-refractivity contribution is 0.133. The maximum atomic E-state index is 5.72. The number of likely N-dealkylation sites (N-methyl/N-ethyl adjacent to an activating group) is 1. The van der Waals surface area contributed by atoms with Gasteiger partial charge in [0.2, 0.25) is 0 Å². The van der Waals surface area contributed by atoms with Gasteiger partial charge < -0.3 is 9.64 Å². The van der Waals surface area contributed by atoms with Crippen LogP contribution < -0.4 is 4.74 Å². The minimum atomic E-state index is 0.757. The fourth-order valence-electron chi connectivity index (χ4n) is 2.00. The molecule has 0 amide bonds. The van der Waals surface area contributed by atoms with Crippen LogP contribution in [0.15, 0.2) is 24.3 Å². The van der Waals surface area contributed by atoms with Crippen LogP contribution in [0.4, 0.5) is 0 Å². The van der Waals surface area contributed by atoms with Crippen molar-refractivity contribution in [2.24, 2.45) is 0 Å². The van der Waals surface area contributed by atoms with Gasteiger partial charge in [0.1, 0.15) is 12.4 Å². The van der Waals surface area contributed by atoms with Crippen molar-refractivity contribution in [3.05, 3.63) is 36.8 Å². The van der Waals surface area contributed by atoms with E-state index in [4.69, 9.17) is 4.74 Å². The lowest BCUT2D eigenvalue weighted by Gasteiger charge is -2.32. The van der Waals surface area contributed by atoms with E-state index in [-0.39, 0.29) is 0 Å². The maximum absolute atomic E-state index is 5.72. The first-order chi connectivity index (χ1) is 8.24. The molecule has 0 bridgehead atoms. The first kappa shape index (κ1) is 12.4. The molecule has 1 saturated heterocycles. The lowest BCUT2D eigenvalue weighted by atomic mass is 10.2. The summed E-state index contributed by atoms with van der Waals surface area (Å²) in [5, 5.41) is 0. The summed E-state index contributed by atoms with van der Waals surface area (Å²) in [5.74, 6) is 0.923. The number of hydrogen-bond donors (Lipinski definition) is 0. The van der Waals surface area contributed by atoms with Crippen LogP contribution in [0, 0.1) is 6.92 Å². The van der Waals surface area contributed by atoms with E-state index in [9.17, 15) is 0 Å². The Kier molecular flexibility index (Phi) is 4.40. The van der Waals surface area contributed by atoms with Crippen LogP contribution in [0.1, 0.15) is 5.56 Å². The highest BCUT2D eigenvalue weighted by molar-refractivity contribution is 5.29. The second-order valence-electron chi connectivity index (χ2n) is 4.64. The molecule has 0 aromatic heterocycles. The van der Waals surface area contributed by atoms with Crippen molar-refractivity contribution in [3.8, 4) is 5.75 Å². The van der Waals surface area contributed by atoms with Crippen molar-refractivity contribution in [1.82, 2.24) is 9.80 Å². The lowest BCUT2D eigenvalue weighted by Crippen LogP contribution is -2.45. The number of piperazine rings is 1. The van der Waals surface area contributed by atoms with Gasteiger partial charge in [-0.15, -0.1) is 0 Å². The second kappa shape index (κ2) is 6.03. The minimum Gasteiger partial charge on any atom is -0.492 e. The molecule has 3 heteroatoms. The number of nitrogens with zero attached hydrogens (tertiary/aromatic N) is 2. The maximum Gasteiger partial charge on any atom is 0.119 e. The zero-order chi connectivity index (χ0) is 12.1. The van der Waals surface area contributed by atoms with E-state index in [1.54, 1.807) is 0 Å². The van der Waals surface area contributed by atoms with Crippen LogP contribution in [-0.2, 0) is 0 Å². The number of benzene rings is 1. The second-order valence-corrected chi connectivity index (χ2v) is 4.64. The van der Waals surface area contributed by atoms with E-state index in [1.165, 1.54) is 0 Å². The third kappa shape index (κ3) is 4.02. The molecule has 1 aliphatic rings. The Bertz CT molecular complexity index is 346. The molecule has 1 heterocycles. The summed E-state index contributed by atoms with van der Waals surface area (Å²) in [7, 11) is 2.17. The Morgan fingerprint density at radius 1 is 1.24 bits per heavy atom. The van der Waals surface area contributed by atoms with Gasteiger partial charge in [-0.05, 0) is 31.7 Å². The molecule has 1 aromatic rings. The van der Waals surface area contributed by atoms with Gasteiger partial charge in [-0.3, -0.25) is 4.90 Å². The Labute approximate surface area is 104 Å². The molecule has 1 aliphatic heterocycles. The molecule has 1 aromatic carbocycles. The van der Waals surface area contributed by atoms with Gasteiger partial charge in [-0.2, -0.15) is 0 Å². The van der Waals surface area contributed by atoms with E-state index in [1.807, 2.05) is 24.3 Å². The molecule has 0 saturated carbocycles. The predicted octanol–water partition coefficient (Wildman–Crippen LogP) is 1.49. The molecule has 0 aliphatic carbocycles. The number of rotatable bonds is 4. The third-order valence-electron chi connectivity index (χ3n) is 3.17. The SMILES string of the molecule is [CH2]c1cccc(OCCN2CCN(C)CC2)c1. The summed E-state index contributed by atoms with van der Waals surface area (Å²) in [6.07, 6.45) is 0. The number of ether oxygens (including phenoxy) is 1. The molecule has 2 rings (SSSR count). The molecule has 1 fully saturated rings. The number of hydrogen-bond acceptors (Lipinski definition) is 3. The normalized spacial score (nSPS) is 18.2. The van der Waals surface area contributed by atoms with Crippen LogP contribution in [0.3, 0.4) is 0 Å². The Morgan fingerprint density at radius 3 is 2.71 bits per heavy atom. The van der Waals surface area contributed by atoms with Crippen molar-refractivity contribution in [1.29, 1.82) is 0 Å². The van der Waals surface area contributed by atoms with E-state index >= 15 is 0 Å². The summed E-state index contributed by atoms with van der Waals surface area (Å²) in [4.78, 5) is 4.82. The van der Waals surface area contributed by atoms with Gasteiger partial charge in [0.05, 0.1) is 0 Å². The van der Waals surface area contributed by atoms with Crippen molar-refractivity contribution in [2.45, 2.75) is 0 Å². The van der Waals surface area contributed by atoms with Gasteiger partial charge in [-0.25, -0.2) is 0 Å². The largest absolute Gasteiger partial charge is 0.492 e. The molecule has 17 heavy (non-hydrogen) atoms. The van der Waals surface area contributed by atoms with Crippen molar-refractivity contribution < 1.29 is 4.74 Å². The molecule has 3 nitrogen and oxygen atoms in total. The van der Waals surface area contributed by atoms with E-state index in [0.717, 1.165) is 50.6 Å². The third-order valence-corrected chi connectivity index (χ3v) is 3.17. The average molecular weight is 233 g/mol. The van der Waals surface area contributed by atoms with Gasteiger partial charge >= 0.3 is 0 Å². The Hall–Kier alpha value is -1.06. The monoisotopic (exact) mass is 233 g/mol. The summed E-state index contributed by atoms with van der Waals surface area (Å²) in [5.41, 5.74) is 1.00. The van der Waals surface area contributed by atoms with E-state index in [2.05, 4.69) is 23.8 Å². The van der Waals surface area contributed by atoms with Crippen molar-refractivity contribution in [2.75, 3.05) is 46.4 Å². The first-order valence-electron chi connectivity index (χ1n) is 6.20. The van der Waals surface area contributed by atoms with Gasteiger partial charge in [-0.1, -0.05) is 12.1 Å². The highest BCUT2D eigenvalue weighted by Gasteiger charge is 2.12. The smallest absolute Gasteiger partial charge is 0.119 e. The molecule has 0 unspecified atom stereocenters. The molecule has 93 valence electrons. The van der Waals surface area contributed by atoms with Gasteiger partial charge in [0.15, 0.2) is 0 Å². The molecular weight excluding hydrogens is 212 g/mol. The molecule has 0 atom stereocenters. The summed E-state index contributed by atoms with van der Waals surface area (Å²) >= 11 is 0. The fraction of sp³-hybridized carbons (Fsp3) is 0.500. The Morgan fingerprint density at radius 2 is 2.00 bits per heavy atom. The zero-order valence-electron chi connectivity index (χ0n) is 10.6. The van der Waals surface area contributed by atoms with E-state index < -0.39 is 0 Å². The van der Waals surface area contributed by atoms with E-state index in [0.29, 0.717) is 0 Å². The molecule has 0 spiro atoms. The van der Waals surface area contributed by atoms with Crippen LogP contribution >= 0.6 is 0 Å². The van der Waals surface area contributed by atoms with Gasteiger partial charge in [0, 0.05) is 32.7 Å². The summed E-state index contributed by atoms with van der Waals surface area (Å²) in [6.45, 7) is 10.3. The first-order valence-corrected chi connectivity index (χ1v) is 6.20. The van der Waals surface area contributed by atoms with Crippen LogP contribution in [0.5, 0.6) is 5.75 Å². The molecule has 1 radical (unpaired) electrons. The van der Waals surface area contributed by atoms with Crippen LogP contribution in [0.25, 0.3) is 0 Å². The van der Waals surface area contributed by atoms with Crippen LogP contribution in [0.2, 0.25) is 0 Å². The standard InChI is InChI=1S/C14H21N2O/c1-13-4-3-5-14(12-13)17-11-10-16-8-6-15(2)7-9-16/h3-5,12H,1,6-11H2,2H3. The molecular formula is C14H21N2O. The fourth-order valence-corrected chi connectivity index (χ4v) is 2.00. The van der Waals surface area contributed by atoms with Gasteiger partial charge in [0.25, 0.3) is 0 Å².